The van der Waals surface area contributed by atoms with Crippen LogP contribution in [0.4, 0.5) is 0 Å². The van der Waals surface area contributed by atoms with Crippen LogP contribution in [0.15, 0.2) is 66.7 Å². The molecule has 3 aromatic carbocycles. The third-order valence-corrected chi connectivity index (χ3v) is 3.69. The molecule has 4 heteroatoms. The lowest BCUT2D eigenvalue weighted by atomic mass is 10.0. The van der Waals surface area contributed by atoms with E-state index in [1.165, 1.54) is 0 Å². The number of benzene rings is 3. The molecule has 0 aliphatic rings. The molecule has 0 spiro atoms. The van der Waals surface area contributed by atoms with Gasteiger partial charge in [0.05, 0.1) is 5.56 Å². The highest BCUT2D eigenvalue weighted by Crippen LogP contribution is 2.28. The second-order valence-corrected chi connectivity index (χ2v) is 5.47. The van der Waals surface area contributed by atoms with Crippen LogP contribution in [0.5, 0.6) is 11.5 Å². The number of fused-ring (bicyclic) bond motifs is 1. The minimum absolute atomic E-state index is 0.334. The first-order valence-corrected chi connectivity index (χ1v) is 7.79. The fraction of sp³-hybridized carbons (Fsp3) is 0.105. The predicted molar refractivity (Wildman–Crippen MR) is 97.3 cm³/mol. The van der Waals surface area contributed by atoms with E-state index in [1.54, 1.807) is 0 Å². The molecule has 0 saturated heterocycles. The molecule has 0 aromatic heterocycles. The van der Waals surface area contributed by atoms with E-state index in [-0.39, 0.29) is 0 Å². The molecule has 0 aliphatic carbocycles. The highest BCUT2D eigenvalue weighted by atomic mass is 32.1. The minimum Gasteiger partial charge on any atom is -0.490 e. The third-order valence-electron chi connectivity index (χ3n) is 3.49. The predicted octanol–water partition coefficient (Wildman–Crippen LogP) is 3.93. The first-order valence-electron chi connectivity index (χ1n) is 7.38. The maximum absolute atomic E-state index is 5.90. The van der Waals surface area contributed by atoms with Crippen molar-refractivity contribution in [1.82, 2.24) is 0 Å². The molecular formula is C19H17NO2S. The van der Waals surface area contributed by atoms with Crippen LogP contribution in [0, 0.1) is 0 Å². The molecule has 0 fully saturated rings. The Hall–Kier alpha value is -2.59. The second-order valence-electron chi connectivity index (χ2n) is 5.03. The second kappa shape index (κ2) is 7.11. The van der Waals surface area contributed by atoms with E-state index < -0.39 is 0 Å². The summed E-state index contributed by atoms with van der Waals surface area (Å²) in [4.78, 5) is 0.334. The first-order chi connectivity index (χ1) is 11.3. The van der Waals surface area contributed by atoms with Crippen molar-refractivity contribution in [3.05, 3.63) is 72.3 Å². The van der Waals surface area contributed by atoms with Gasteiger partial charge in [0.2, 0.25) is 0 Å². The van der Waals surface area contributed by atoms with E-state index in [4.69, 9.17) is 27.4 Å². The van der Waals surface area contributed by atoms with Gasteiger partial charge in [0.15, 0.2) is 0 Å². The summed E-state index contributed by atoms with van der Waals surface area (Å²) < 4.78 is 11.5. The Bertz CT molecular complexity index is 818. The van der Waals surface area contributed by atoms with Crippen LogP contribution in [0.3, 0.4) is 0 Å². The molecule has 0 saturated carbocycles. The van der Waals surface area contributed by atoms with E-state index in [2.05, 4.69) is 0 Å². The maximum Gasteiger partial charge on any atom is 0.130 e. The molecule has 0 radical (unpaired) electrons. The number of nitrogens with two attached hydrogens (primary N) is 1. The fourth-order valence-electron chi connectivity index (χ4n) is 2.45. The molecule has 0 unspecified atom stereocenters. The third kappa shape index (κ3) is 3.60. The summed E-state index contributed by atoms with van der Waals surface area (Å²) in [5.41, 5.74) is 6.67. The van der Waals surface area contributed by atoms with Crippen LogP contribution in [-0.2, 0) is 0 Å². The molecule has 0 amide bonds. The van der Waals surface area contributed by atoms with Crippen molar-refractivity contribution in [2.45, 2.75) is 0 Å². The van der Waals surface area contributed by atoms with Gasteiger partial charge >= 0.3 is 0 Å². The Kier molecular flexibility index (Phi) is 4.74. The van der Waals surface area contributed by atoms with Gasteiger partial charge in [-0.1, -0.05) is 60.7 Å². The van der Waals surface area contributed by atoms with Crippen LogP contribution in [0.25, 0.3) is 10.8 Å². The van der Waals surface area contributed by atoms with Crippen LogP contribution >= 0.6 is 12.2 Å². The SMILES string of the molecule is NC(=S)c1c(OCCOc2ccccc2)ccc2ccccc12. The molecule has 23 heavy (non-hydrogen) atoms. The maximum atomic E-state index is 5.90. The first kappa shape index (κ1) is 15.3. The minimum atomic E-state index is 0.334. The van der Waals surface area contributed by atoms with E-state index in [0.29, 0.717) is 24.0 Å². The zero-order chi connectivity index (χ0) is 16.1. The number of hydrogen-bond acceptors (Lipinski definition) is 3. The lowest BCUT2D eigenvalue weighted by molar-refractivity contribution is 0.217. The zero-order valence-electron chi connectivity index (χ0n) is 12.6. The lowest BCUT2D eigenvalue weighted by Gasteiger charge is -2.14. The Labute approximate surface area is 140 Å². The molecule has 0 heterocycles. The molecule has 116 valence electrons. The quantitative estimate of drug-likeness (QED) is 0.551. The van der Waals surface area contributed by atoms with Crippen LogP contribution in [-0.4, -0.2) is 18.2 Å². The molecule has 3 aromatic rings. The highest BCUT2D eigenvalue weighted by Gasteiger charge is 2.11. The summed E-state index contributed by atoms with van der Waals surface area (Å²) >= 11 is 5.20. The van der Waals surface area contributed by atoms with Gasteiger partial charge in [-0.05, 0) is 29.0 Å². The van der Waals surface area contributed by atoms with E-state index in [9.17, 15) is 0 Å². The normalized spacial score (nSPS) is 10.4. The average Bonchev–Trinajstić information content (AvgIpc) is 2.59. The van der Waals surface area contributed by atoms with Crippen molar-refractivity contribution in [1.29, 1.82) is 0 Å². The number of para-hydroxylation sites is 1. The van der Waals surface area contributed by atoms with E-state index in [0.717, 1.165) is 22.1 Å². The van der Waals surface area contributed by atoms with Crippen molar-refractivity contribution in [3.63, 3.8) is 0 Å². The van der Waals surface area contributed by atoms with Gasteiger partial charge in [0.25, 0.3) is 0 Å². The van der Waals surface area contributed by atoms with E-state index in [1.807, 2.05) is 66.7 Å². The van der Waals surface area contributed by atoms with Crippen molar-refractivity contribution in [2.75, 3.05) is 13.2 Å². The van der Waals surface area contributed by atoms with Gasteiger partial charge in [-0.25, -0.2) is 0 Å². The van der Waals surface area contributed by atoms with E-state index >= 15 is 0 Å². The van der Waals surface area contributed by atoms with Gasteiger partial charge in [0, 0.05) is 0 Å². The summed E-state index contributed by atoms with van der Waals surface area (Å²) in [6, 6.07) is 21.5. The Balaban J connectivity index is 1.72. The van der Waals surface area contributed by atoms with Gasteiger partial charge in [-0.15, -0.1) is 0 Å². The smallest absolute Gasteiger partial charge is 0.130 e. The highest BCUT2D eigenvalue weighted by molar-refractivity contribution is 7.80. The summed E-state index contributed by atoms with van der Waals surface area (Å²) in [5, 5.41) is 2.09. The zero-order valence-corrected chi connectivity index (χ0v) is 13.4. The summed E-state index contributed by atoms with van der Waals surface area (Å²) in [7, 11) is 0. The van der Waals surface area contributed by atoms with Gasteiger partial charge in [-0.2, -0.15) is 0 Å². The van der Waals surface area contributed by atoms with Crippen molar-refractivity contribution in [3.8, 4) is 11.5 Å². The van der Waals surface area contributed by atoms with Gasteiger partial charge < -0.3 is 15.2 Å². The largest absolute Gasteiger partial charge is 0.490 e. The van der Waals surface area contributed by atoms with Crippen LogP contribution in [0.2, 0.25) is 0 Å². The summed E-state index contributed by atoms with van der Waals surface area (Å²) in [6.07, 6.45) is 0. The van der Waals surface area contributed by atoms with Gasteiger partial charge in [0.1, 0.15) is 29.7 Å². The Morgan fingerprint density at radius 3 is 2.30 bits per heavy atom. The molecule has 2 N–H and O–H groups in total. The molecule has 0 aliphatic heterocycles. The summed E-state index contributed by atoms with van der Waals surface area (Å²) in [5.74, 6) is 1.51. The van der Waals surface area contributed by atoms with Crippen molar-refractivity contribution < 1.29 is 9.47 Å². The number of hydrogen-bond donors (Lipinski definition) is 1. The summed E-state index contributed by atoms with van der Waals surface area (Å²) in [6.45, 7) is 0.871. The van der Waals surface area contributed by atoms with Crippen LogP contribution in [0.1, 0.15) is 5.56 Å². The lowest BCUT2D eigenvalue weighted by Crippen LogP contribution is -2.15. The standard InChI is InChI=1S/C19H17NO2S/c20-19(23)18-16-9-5-4-6-14(16)10-11-17(18)22-13-12-21-15-7-2-1-3-8-15/h1-11H,12-13H2,(H2,20,23). The Morgan fingerprint density at radius 2 is 1.52 bits per heavy atom. The Morgan fingerprint density at radius 1 is 0.826 bits per heavy atom. The average molecular weight is 323 g/mol. The molecule has 0 atom stereocenters. The molecule has 3 rings (SSSR count). The molecular weight excluding hydrogens is 306 g/mol. The number of thiocarbonyl (C=S) groups is 1. The fourth-order valence-corrected chi connectivity index (χ4v) is 2.66. The number of ether oxygens (including phenoxy) is 2. The van der Waals surface area contributed by atoms with Gasteiger partial charge in [-0.3, -0.25) is 0 Å². The number of rotatable bonds is 6. The van der Waals surface area contributed by atoms with Crippen molar-refractivity contribution >= 4 is 28.0 Å². The van der Waals surface area contributed by atoms with Crippen LogP contribution < -0.4 is 15.2 Å². The monoisotopic (exact) mass is 323 g/mol. The topological polar surface area (TPSA) is 44.5 Å². The molecule has 0 bridgehead atoms. The molecule has 3 nitrogen and oxygen atoms in total. The van der Waals surface area contributed by atoms with Crippen molar-refractivity contribution in [2.24, 2.45) is 5.73 Å².